The highest BCUT2D eigenvalue weighted by Gasteiger charge is 2.23. The van der Waals surface area contributed by atoms with Crippen LogP contribution in [0.1, 0.15) is 25.7 Å². The molecule has 2 aliphatic carbocycles. The summed E-state index contributed by atoms with van der Waals surface area (Å²) in [6.07, 6.45) is 9.99. The summed E-state index contributed by atoms with van der Waals surface area (Å²) in [5, 5.41) is 8.85. The van der Waals surface area contributed by atoms with Gasteiger partial charge in [-0.15, -0.1) is 0 Å². The Balaban J connectivity index is 1.62. The van der Waals surface area contributed by atoms with E-state index in [-0.39, 0.29) is 5.92 Å². The molecule has 0 heterocycles. The molecular formula is C13H18O3. The van der Waals surface area contributed by atoms with Crippen LogP contribution in [-0.2, 0) is 9.53 Å². The molecule has 0 saturated heterocycles. The monoisotopic (exact) mass is 222 g/mol. The lowest BCUT2D eigenvalue weighted by molar-refractivity contribution is -0.141. The molecule has 3 nitrogen and oxygen atoms in total. The van der Waals surface area contributed by atoms with Gasteiger partial charge in [0.15, 0.2) is 0 Å². The molecule has 2 rings (SSSR count). The van der Waals surface area contributed by atoms with Gasteiger partial charge in [0.2, 0.25) is 0 Å². The number of rotatable bonds is 5. The summed E-state index contributed by atoms with van der Waals surface area (Å²) in [5.41, 5.74) is 1.15. The lowest BCUT2D eigenvalue weighted by Gasteiger charge is -2.10. The SMILES string of the molecule is O=C(O)C1CC=C(COCC2CC=CC2)C1. The number of carbonyl (C=O) groups is 1. The Morgan fingerprint density at radius 3 is 2.75 bits per heavy atom. The van der Waals surface area contributed by atoms with Gasteiger partial charge in [0.25, 0.3) is 0 Å². The minimum Gasteiger partial charge on any atom is -0.481 e. The van der Waals surface area contributed by atoms with Crippen LogP contribution >= 0.6 is 0 Å². The average Bonchev–Trinajstić information content (AvgIpc) is 2.87. The predicted molar refractivity (Wildman–Crippen MR) is 61.1 cm³/mol. The van der Waals surface area contributed by atoms with Crippen molar-refractivity contribution in [3.05, 3.63) is 23.8 Å². The van der Waals surface area contributed by atoms with Crippen LogP contribution in [-0.4, -0.2) is 24.3 Å². The van der Waals surface area contributed by atoms with Crippen LogP contribution in [0.15, 0.2) is 23.8 Å². The van der Waals surface area contributed by atoms with E-state index in [2.05, 4.69) is 12.2 Å². The second kappa shape index (κ2) is 5.30. The first-order valence-electron chi connectivity index (χ1n) is 5.89. The quantitative estimate of drug-likeness (QED) is 0.726. The van der Waals surface area contributed by atoms with E-state index in [4.69, 9.17) is 9.84 Å². The number of aliphatic carboxylic acids is 1. The first-order valence-corrected chi connectivity index (χ1v) is 5.89. The lowest BCUT2D eigenvalue weighted by Crippen LogP contribution is -2.11. The first-order chi connectivity index (χ1) is 7.75. The fraction of sp³-hybridized carbons (Fsp3) is 0.615. The molecule has 0 aliphatic heterocycles. The van der Waals surface area contributed by atoms with E-state index in [9.17, 15) is 4.79 Å². The van der Waals surface area contributed by atoms with Crippen molar-refractivity contribution in [2.24, 2.45) is 11.8 Å². The van der Waals surface area contributed by atoms with Crippen molar-refractivity contribution in [1.29, 1.82) is 0 Å². The molecule has 1 unspecified atom stereocenters. The standard InChI is InChI=1S/C13H18O3/c14-13(15)12-6-5-11(7-12)9-16-8-10-3-1-2-4-10/h1-2,5,10,12H,3-4,6-9H2,(H,14,15). The minimum absolute atomic E-state index is 0.216. The van der Waals surface area contributed by atoms with Gasteiger partial charge < -0.3 is 9.84 Å². The minimum atomic E-state index is -0.689. The summed E-state index contributed by atoms with van der Waals surface area (Å²) in [6.45, 7) is 1.41. The van der Waals surface area contributed by atoms with Crippen molar-refractivity contribution >= 4 is 5.97 Å². The molecule has 0 spiro atoms. The van der Waals surface area contributed by atoms with Gasteiger partial charge in [-0.1, -0.05) is 18.2 Å². The van der Waals surface area contributed by atoms with Crippen LogP contribution in [0.3, 0.4) is 0 Å². The molecule has 0 saturated carbocycles. The Labute approximate surface area is 95.8 Å². The topological polar surface area (TPSA) is 46.5 Å². The summed E-state index contributed by atoms with van der Waals surface area (Å²) in [5.74, 6) is -0.268. The summed E-state index contributed by atoms with van der Waals surface area (Å²) in [6, 6.07) is 0. The molecule has 0 aromatic rings. The molecule has 2 aliphatic rings. The number of hydrogen-bond acceptors (Lipinski definition) is 2. The largest absolute Gasteiger partial charge is 0.481 e. The van der Waals surface area contributed by atoms with Crippen LogP contribution in [0.5, 0.6) is 0 Å². The zero-order valence-corrected chi connectivity index (χ0v) is 9.39. The van der Waals surface area contributed by atoms with E-state index in [1.54, 1.807) is 0 Å². The Hall–Kier alpha value is -1.09. The molecule has 1 N–H and O–H groups in total. The summed E-state index contributed by atoms with van der Waals surface area (Å²) < 4.78 is 5.63. The van der Waals surface area contributed by atoms with Crippen LogP contribution in [0.2, 0.25) is 0 Å². The van der Waals surface area contributed by atoms with Gasteiger partial charge >= 0.3 is 5.97 Å². The van der Waals surface area contributed by atoms with Crippen molar-refractivity contribution in [1.82, 2.24) is 0 Å². The van der Waals surface area contributed by atoms with E-state index in [1.807, 2.05) is 6.08 Å². The third-order valence-electron chi connectivity index (χ3n) is 3.30. The number of carboxylic acids is 1. The van der Waals surface area contributed by atoms with Gasteiger partial charge in [-0.05, 0) is 37.2 Å². The number of ether oxygens (including phenoxy) is 1. The van der Waals surface area contributed by atoms with Crippen molar-refractivity contribution in [2.75, 3.05) is 13.2 Å². The molecule has 88 valence electrons. The van der Waals surface area contributed by atoms with Crippen molar-refractivity contribution in [3.8, 4) is 0 Å². The third kappa shape index (κ3) is 2.95. The van der Waals surface area contributed by atoms with Crippen molar-refractivity contribution in [2.45, 2.75) is 25.7 Å². The molecule has 0 aromatic carbocycles. The highest BCUT2D eigenvalue weighted by Crippen LogP contribution is 2.25. The molecule has 0 bridgehead atoms. The Morgan fingerprint density at radius 1 is 1.38 bits per heavy atom. The molecule has 3 heteroatoms. The highest BCUT2D eigenvalue weighted by atomic mass is 16.5. The fourth-order valence-electron chi connectivity index (χ4n) is 2.26. The molecule has 0 fully saturated rings. The second-order valence-electron chi connectivity index (χ2n) is 4.66. The zero-order chi connectivity index (χ0) is 11.4. The second-order valence-corrected chi connectivity index (χ2v) is 4.66. The molecule has 0 radical (unpaired) electrons. The maximum Gasteiger partial charge on any atom is 0.307 e. The van der Waals surface area contributed by atoms with E-state index in [1.165, 1.54) is 0 Å². The van der Waals surface area contributed by atoms with E-state index >= 15 is 0 Å². The zero-order valence-electron chi connectivity index (χ0n) is 9.39. The average molecular weight is 222 g/mol. The van der Waals surface area contributed by atoms with E-state index < -0.39 is 5.97 Å². The van der Waals surface area contributed by atoms with E-state index in [0.29, 0.717) is 25.4 Å². The van der Waals surface area contributed by atoms with Crippen LogP contribution in [0, 0.1) is 11.8 Å². The summed E-state index contributed by atoms with van der Waals surface area (Å²) in [4.78, 5) is 10.7. The molecule has 16 heavy (non-hydrogen) atoms. The van der Waals surface area contributed by atoms with Crippen LogP contribution in [0.25, 0.3) is 0 Å². The van der Waals surface area contributed by atoms with Gasteiger partial charge in [0, 0.05) is 0 Å². The van der Waals surface area contributed by atoms with Crippen molar-refractivity contribution in [3.63, 3.8) is 0 Å². The molecule has 0 aromatic heterocycles. The normalized spacial score (nSPS) is 25.0. The maximum atomic E-state index is 10.7. The van der Waals surface area contributed by atoms with Gasteiger partial charge in [-0.3, -0.25) is 4.79 Å². The molecule has 0 amide bonds. The maximum absolute atomic E-state index is 10.7. The van der Waals surface area contributed by atoms with Gasteiger partial charge in [0.1, 0.15) is 0 Å². The Kier molecular flexibility index (Phi) is 3.78. The van der Waals surface area contributed by atoms with Gasteiger partial charge in [-0.25, -0.2) is 0 Å². The predicted octanol–water partition coefficient (Wildman–Crippen LogP) is 2.39. The number of carboxylic acid groups (broad SMARTS) is 1. The Bertz CT molecular complexity index is 309. The molecule has 1 atom stereocenters. The first kappa shape index (κ1) is 11.4. The smallest absolute Gasteiger partial charge is 0.307 e. The van der Waals surface area contributed by atoms with Gasteiger partial charge in [-0.2, -0.15) is 0 Å². The van der Waals surface area contributed by atoms with Crippen LogP contribution in [0.4, 0.5) is 0 Å². The number of hydrogen-bond donors (Lipinski definition) is 1. The Morgan fingerprint density at radius 2 is 2.12 bits per heavy atom. The number of allylic oxidation sites excluding steroid dienone is 3. The fourth-order valence-corrected chi connectivity index (χ4v) is 2.26. The van der Waals surface area contributed by atoms with Crippen molar-refractivity contribution < 1.29 is 14.6 Å². The third-order valence-corrected chi connectivity index (χ3v) is 3.30. The van der Waals surface area contributed by atoms with E-state index in [0.717, 1.165) is 25.0 Å². The highest BCUT2D eigenvalue weighted by molar-refractivity contribution is 5.71. The lowest BCUT2D eigenvalue weighted by atomic mass is 10.1. The summed E-state index contributed by atoms with van der Waals surface area (Å²) >= 11 is 0. The van der Waals surface area contributed by atoms with Gasteiger partial charge in [0.05, 0.1) is 19.1 Å². The molecular weight excluding hydrogens is 204 g/mol. The summed E-state index contributed by atoms with van der Waals surface area (Å²) in [7, 11) is 0. The van der Waals surface area contributed by atoms with Crippen LogP contribution < -0.4 is 0 Å².